The zero-order valence-electron chi connectivity index (χ0n) is 17.8. The maximum atomic E-state index is 12.4. The lowest BCUT2D eigenvalue weighted by Crippen LogP contribution is -2.45. The van der Waals surface area contributed by atoms with E-state index in [0.717, 1.165) is 16.8 Å². The Kier molecular flexibility index (Phi) is 6.62. The Morgan fingerprint density at radius 3 is 2.27 bits per heavy atom. The van der Waals surface area contributed by atoms with E-state index < -0.39 is 6.04 Å². The van der Waals surface area contributed by atoms with Gasteiger partial charge in [0, 0.05) is 18.3 Å². The highest BCUT2D eigenvalue weighted by Gasteiger charge is 2.32. The normalized spacial score (nSPS) is 16.2. The van der Waals surface area contributed by atoms with Gasteiger partial charge in [0.1, 0.15) is 6.61 Å². The number of hydrogen-bond acceptors (Lipinski definition) is 5. The molecule has 0 radical (unpaired) electrons. The van der Waals surface area contributed by atoms with E-state index in [1.807, 2.05) is 56.4 Å². The summed E-state index contributed by atoms with van der Waals surface area (Å²) in [5, 5.41) is 3.80. The van der Waals surface area contributed by atoms with Gasteiger partial charge in [-0.1, -0.05) is 30.3 Å². The fourth-order valence-corrected chi connectivity index (χ4v) is 3.74. The molecule has 1 N–H and O–H groups in total. The highest BCUT2D eigenvalue weighted by molar-refractivity contribution is 7.80. The molecule has 0 fully saturated rings. The Morgan fingerprint density at radius 2 is 1.73 bits per heavy atom. The quantitative estimate of drug-likeness (QED) is 0.672. The Morgan fingerprint density at radius 1 is 1.13 bits per heavy atom. The van der Waals surface area contributed by atoms with Crippen LogP contribution in [-0.2, 0) is 11.4 Å². The molecule has 1 atom stereocenters. The zero-order chi connectivity index (χ0) is 21.8. The Bertz CT molecular complexity index is 963. The number of ether oxygens (including phenoxy) is 3. The molecule has 7 heteroatoms. The van der Waals surface area contributed by atoms with Crippen molar-refractivity contribution >= 4 is 23.1 Å². The monoisotopic (exact) mass is 426 g/mol. The Balaban J connectivity index is 2.02. The molecule has 1 heterocycles. The molecule has 30 heavy (non-hydrogen) atoms. The largest absolute Gasteiger partial charge is 0.493 e. The van der Waals surface area contributed by atoms with Crippen LogP contribution in [0.2, 0.25) is 0 Å². The van der Waals surface area contributed by atoms with Gasteiger partial charge in [-0.15, -0.1) is 0 Å². The standard InChI is InChI=1S/C23H26N2O4S/c1-14-20(15(2)26)21(24-23(30)25(14)3)17-11-18(27-4)22(19(12-17)28-5)29-13-16-9-7-6-8-10-16/h6-12,21H,13H2,1-5H3,(H,24,30). The van der Waals surface area contributed by atoms with Gasteiger partial charge < -0.3 is 24.4 Å². The number of ketones is 1. The molecule has 0 bridgehead atoms. The number of thiocarbonyl (C=S) groups is 1. The summed E-state index contributed by atoms with van der Waals surface area (Å²) >= 11 is 5.45. The first-order chi connectivity index (χ1) is 14.4. The topological polar surface area (TPSA) is 60.0 Å². The summed E-state index contributed by atoms with van der Waals surface area (Å²) in [6.45, 7) is 3.82. The molecule has 2 aromatic carbocycles. The third-order valence-corrected chi connectivity index (χ3v) is 5.57. The molecule has 1 unspecified atom stereocenters. The molecule has 6 nitrogen and oxygen atoms in total. The second kappa shape index (κ2) is 9.17. The number of allylic oxidation sites excluding steroid dienone is 1. The number of benzene rings is 2. The van der Waals surface area contributed by atoms with Crippen molar-refractivity contribution in [2.24, 2.45) is 0 Å². The predicted molar refractivity (Wildman–Crippen MR) is 120 cm³/mol. The summed E-state index contributed by atoms with van der Waals surface area (Å²) in [5.74, 6) is 1.52. The van der Waals surface area contributed by atoms with Crippen molar-refractivity contribution in [2.75, 3.05) is 21.3 Å². The van der Waals surface area contributed by atoms with Crippen molar-refractivity contribution in [1.29, 1.82) is 0 Å². The maximum absolute atomic E-state index is 12.4. The van der Waals surface area contributed by atoms with E-state index in [4.69, 9.17) is 26.4 Å². The smallest absolute Gasteiger partial charge is 0.203 e. The van der Waals surface area contributed by atoms with Crippen LogP contribution >= 0.6 is 12.2 Å². The van der Waals surface area contributed by atoms with E-state index in [2.05, 4.69) is 5.32 Å². The number of nitrogens with one attached hydrogen (secondary N) is 1. The minimum atomic E-state index is -0.405. The van der Waals surface area contributed by atoms with E-state index in [0.29, 0.717) is 34.5 Å². The minimum absolute atomic E-state index is 0.0262. The van der Waals surface area contributed by atoms with Gasteiger partial charge >= 0.3 is 0 Å². The van der Waals surface area contributed by atoms with Crippen LogP contribution in [0.25, 0.3) is 0 Å². The van der Waals surface area contributed by atoms with Gasteiger partial charge in [-0.3, -0.25) is 4.79 Å². The first-order valence-electron chi connectivity index (χ1n) is 9.56. The lowest BCUT2D eigenvalue weighted by molar-refractivity contribution is -0.114. The number of hydrogen-bond donors (Lipinski definition) is 1. The summed E-state index contributed by atoms with van der Waals surface area (Å²) in [6, 6.07) is 13.2. The predicted octanol–water partition coefficient (Wildman–Crippen LogP) is 4.01. The fraction of sp³-hybridized carbons (Fsp3) is 0.304. The molecule has 0 aliphatic carbocycles. The number of nitrogens with zero attached hydrogens (tertiary/aromatic N) is 1. The molecule has 158 valence electrons. The molecule has 2 aromatic rings. The van der Waals surface area contributed by atoms with Gasteiger partial charge in [0.2, 0.25) is 5.75 Å². The SMILES string of the molecule is COc1cc(C2NC(=S)N(C)C(C)=C2C(C)=O)cc(OC)c1OCc1ccccc1. The van der Waals surface area contributed by atoms with Crippen molar-refractivity contribution in [2.45, 2.75) is 26.5 Å². The molecule has 1 aliphatic heterocycles. The number of carbonyl (C=O) groups is 1. The van der Waals surface area contributed by atoms with Crippen molar-refractivity contribution in [3.63, 3.8) is 0 Å². The first kappa shape index (κ1) is 21.6. The molecule has 0 saturated heterocycles. The minimum Gasteiger partial charge on any atom is -0.493 e. The second-order valence-electron chi connectivity index (χ2n) is 7.03. The average Bonchev–Trinajstić information content (AvgIpc) is 2.75. The van der Waals surface area contributed by atoms with Crippen LogP contribution in [0.4, 0.5) is 0 Å². The summed E-state index contributed by atoms with van der Waals surface area (Å²) in [5.41, 5.74) is 3.30. The van der Waals surface area contributed by atoms with Gasteiger partial charge in [-0.2, -0.15) is 0 Å². The van der Waals surface area contributed by atoms with Gasteiger partial charge in [0.25, 0.3) is 0 Å². The third-order valence-electron chi connectivity index (χ3n) is 5.18. The zero-order valence-corrected chi connectivity index (χ0v) is 18.6. The van der Waals surface area contributed by atoms with Crippen molar-refractivity contribution in [3.8, 4) is 17.2 Å². The average molecular weight is 427 g/mol. The van der Waals surface area contributed by atoms with Crippen LogP contribution in [0.15, 0.2) is 53.7 Å². The van der Waals surface area contributed by atoms with Gasteiger partial charge in [-0.25, -0.2) is 0 Å². The van der Waals surface area contributed by atoms with E-state index in [1.54, 1.807) is 26.0 Å². The van der Waals surface area contributed by atoms with Crippen molar-refractivity contribution in [1.82, 2.24) is 10.2 Å². The Labute approximate surface area is 182 Å². The van der Waals surface area contributed by atoms with Crippen LogP contribution in [0, 0.1) is 0 Å². The Hall–Kier alpha value is -3.06. The summed E-state index contributed by atoms with van der Waals surface area (Å²) < 4.78 is 17.2. The van der Waals surface area contributed by atoms with Gasteiger partial charge in [-0.05, 0) is 49.3 Å². The molecule has 1 aliphatic rings. The summed E-state index contributed by atoms with van der Waals surface area (Å²) in [6.07, 6.45) is 0. The molecule has 3 rings (SSSR count). The highest BCUT2D eigenvalue weighted by Crippen LogP contribution is 2.42. The van der Waals surface area contributed by atoms with Crippen LogP contribution in [0.1, 0.15) is 31.0 Å². The van der Waals surface area contributed by atoms with E-state index in [1.165, 1.54) is 0 Å². The third kappa shape index (κ3) is 4.26. The van der Waals surface area contributed by atoms with Crippen LogP contribution in [-0.4, -0.2) is 37.1 Å². The number of rotatable bonds is 7. The molecular formula is C23H26N2O4S. The van der Waals surface area contributed by atoms with Crippen LogP contribution in [0.3, 0.4) is 0 Å². The summed E-state index contributed by atoms with van der Waals surface area (Å²) in [7, 11) is 4.99. The molecular weight excluding hydrogens is 400 g/mol. The molecule has 0 saturated carbocycles. The lowest BCUT2D eigenvalue weighted by atomic mass is 9.92. The van der Waals surface area contributed by atoms with E-state index in [-0.39, 0.29) is 5.78 Å². The first-order valence-corrected chi connectivity index (χ1v) is 9.96. The van der Waals surface area contributed by atoms with Crippen LogP contribution in [0.5, 0.6) is 17.2 Å². The number of Topliss-reactive ketones (excluding diaryl/α,β-unsaturated/α-hetero) is 1. The van der Waals surface area contributed by atoms with E-state index >= 15 is 0 Å². The van der Waals surface area contributed by atoms with Crippen molar-refractivity contribution < 1.29 is 19.0 Å². The fourth-order valence-electron chi connectivity index (χ4n) is 3.48. The maximum Gasteiger partial charge on any atom is 0.203 e. The van der Waals surface area contributed by atoms with Crippen molar-refractivity contribution in [3.05, 3.63) is 64.9 Å². The van der Waals surface area contributed by atoms with E-state index in [9.17, 15) is 4.79 Å². The number of methoxy groups -OCH3 is 2. The second-order valence-corrected chi connectivity index (χ2v) is 7.41. The molecule has 0 aromatic heterocycles. The van der Waals surface area contributed by atoms with Gasteiger partial charge in [0.05, 0.1) is 20.3 Å². The molecule has 0 spiro atoms. The lowest BCUT2D eigenvalue weighted by Gasteiger charge is -2.35. The molecule has 0 amide bonds. The van der Waals surface area contributed by atoms with Crippen LogP contribution < -0.4 is 19.5 Å². The highest BCUT2D eigenvalue weighted by atomic mass is 32.1. The summed E-state index contributed by atoms with van der Waals surface area (Å²) in [4.78, 5) is 14.2. The van der Waals surface area contributed by atoms with Gasteiger partial charge in [0.15, 0.2) is 22.4 Å². The number of carbonyl (C=O) groups excluding carboxylic acids is 1.